The first-order valence-corrected chi connectivity index (χ1v) is 8.54. The van der Waals surface area contributed by atoms with Crippen LogP contribution in [-0.2, 0) is 13.0 Å². The predicted molar refractivity (Wildman–Crippen MR) is 96.9 cm³/mol. The number of halogens is 1. The fourth-order valence-corrected chi connectivity index (χ4v) is 2.54. The van der Waals surface area contributed by atoms with Gasteiger partial charge in [0, 0.05) is 25.6 Å². The quantitative estimate of drug-likeness (QED) is 0.638. The number of nitrogens with zero attached hydrogens (tertiary/aromatic N) is 3. The topological polar surface area (TPSA) is 68.5 Å². The lowest BCUT2D eigenvalue weighted by Crippen LogP contribution is -2.29. The highest BCUT2D eigenvalue weighted by atomic mass is 19.1. The molecule has 1 aromatic heterocycles. The predicted octanol–water partition coefficient (Wildman–Crippen LogP) is 3.41. The molecule has 0 radical (unpaired) electrons. The third kappa shape index (κ3) is 4.69. The van der Waals surface area contributed by atoms with Crippen molar-refractivity contribution in [2.75, 3.05) is 13.6 Å². The van der Waals surface area contributed by atoms with Crippen LogP contribution < -0.4 is 4.74 Å². The number of likely N-dealkylation sites (N-methyl/N-ethyl adjacent to an activating group) is 1. The van der Waals surface area contributed by atoms with Crippen molar-refractivity contribution in [1.29, 1.82) is 0 Å². The summed E-state index contributed by atoms with van der Waals surface area (Å²) in [5, 5.41) is 3.87. The van der Waals surface area contributed by atoms with Gasteiger partial charge in [-0.05, 0) is 30.7 Å². The Morgan fingerprint density at radius 3 is 2.70 bits per heavy atom. The Bertz CT molecular complexity index is 926. The molecule has 0 aliphatic carbocycles. The van der Waals surface area contributed by atoms with Crippen molar-refractivity contribution in [2.24, 2.45) is 0 Å². The molecule has 0 unspecified atom stereocenters. The van der Waals surface area contributed by atoms with Crippen molar-refractivity contribution in [1.82, 2.24) is 15.0 Å². The summed E-state index contributed by atoms with van der Waals surface area (Å²) in [6, 6.07) is 13.6. The molecule has 0 bridgehead atoms. The van der Waals surface area contributed by atoms with E-state index in [-0.39, 0.29) is 24.2 Å². The van der Waals surface area contributed by atoms with Crippen LogP contribution in [0.2, 0.25) is 0 Å². The average molecular weight is 369 g/mol. The van der Waals surface area contributed by atoms with E-state index in [9.17, 15) is 9.18 Å². The summed E-state index contributed by atoms with van der Waals surface area (Å²) >= 11 is 0. The van der Waals surface area contributed by atoms with Crippen LogP contribution in [-0.4, -0.2) is 34.5 Å². The van der Waals surface area contributed by atoms with Crippen molar-refractivity contribution < 1.29 is 18.4 Å². The zero-order valence-electron chi connectivity index (χ0n) is 15.2. The van der Waals surface area contributed by atoms with Crippen LogP contribution in [0.3, 0.4) is 0 Å². The fourth-order valence-electron chi connectivity index (χ4n) is 2.54. The van der Waals surface area contributed by atoms with Gasteiger partial charge in [-0.1, -0.05) is 35.5 Å². The highest BCUT2D eigenvalue weighted by Crippen LogP contribution is 2.17. The van der Waals surface area contributed by atoms with Gasteiger partial charge >= 0.3 is 0 Å². The SMILES string of the molecule is Cc1ccccc1C(=O)N(C)CCc1noc(COc2ccccc2F)n1. The largest absolute Gasteiger partial charge is 0.481 e. The molecule has 1 heterocycles. The highest BCUT2D eigenvalue weighted by molar-refractivity contribution is 5.95. The summed E-state index contributed by atoms with van der Waals surface area (Å²) < 4.78 is 24.0. The summed E-state index contributed by atoms with van der Waals surface area (Å²) in [5.41, 5.74) is 1.61. The lowest BCUT2D eigenvalue weighted by molar-refractivity contribution is 0.0795. The summed E-state index contributed by atoms with van der Waals surface area (Å²) in [4.78, 5) is 18.3. The number of hydrogen-bond donors (Lipinski definition) is 0. The molecular formula is C20H20FN3O3. The minimum atomic E-state index is -0.450. The van der Waals surface area contributed by atoms with Crippen molar-refractivity contribution in [3.8, 4) is 5.75 Å². The van der Waals surface area contributed by atoms with Crippen LogP contribution in [0, 0.1) is 12.7 Å². The molecule has 0 aliphatic rings. The molecule has 0 N–H and O–H groups in total. The molecule has 6 nitrogen and oxygen atoms in total. The molecule has 0 aliphatic heterocycles. The molecule has 0 spiro atoms. The van der Waals surface area contributed by atoms with Gasteiger partial charge in [-0.3, -0.25) is 4.79 Å². The van der Waals surface area contributed by atoms with Gasteiger partial charge in [0.25, 0.3) is 11.8 Å². The minimum absolute atomic E-state index is 0.0219. The number of benzene rings is 2. The third-order valence-corrected chi connectivity index (χ3v) is 4.09. The van der Waals surface area contributed by atoms with Crippen molar-refractivity contribution in [3.05, 3.63) is 77.2 Å². The maximum absolute atomic E-state index is 13.5. The molecule has 3 aromatic rings. The first kappa shape index (κ1) is 18.6. The van der Waals surface area contributed by atoms with E-state index in [1.54, 1.807) is 30.1 Å². The molecule has 2 aromatic carbocycles. The number of aryl methyl sites for hydroxylation is 1. The monoisotopic (exact) mass is 369 g/mol. The summed E-state index contributed by atoms with van der Waals surface area (Å²) in [5.74, 6) is 0.335. The van der Waals surface area contributed by atoms with Crippen LogP contribution in [0.5, 0.6) is 5.75 Å². The number of para-hydroxylation sites is 1. The van der Waals surface area contributed by atoms with Gasteiger partial charge in [-0.2, -0.15) is 4.98 Å². The van der Waals surface area contributed by atoms with Crippen LogP contribution in [0.15, 0.2) is 53.1 Å². The Hall–Kier alpha value is -3.22. The molecule has 0 saturated carbocycles. The molecule has 0 atom stereocenters. The Balaban J connectivity index is 1.53. The maximum Gasteiger partial charge on any atom is 0.264 e. The second-order valence-electron chi connectivity index (χ2n) is 6.12. The number of hydrogen-bond acceptors (Lipinski definition) is 5. The summed E-state index contributed by atoms with van der Waals surface area (Å²) in [6.07, 6.45) is 0.442. The number of rotatable bonds is 7. The van der Waals surface area contributed by atoms with Crippen LogP contribution in [0.25, 0.3) is 0 Å². The normalized spacial score (nSPS) is 10.6. The maximum atomic E-state index is 13.5. The van der Waals surface area contributed by atoms with Gasteiger partial charge in [0.1, 0.15) is 0 Å². The Labute approximate surface area is 156 Å². The second-order valence-corrected chi connectivity index (χ2v) is 6.12. The first-order valence-electron chi connectivity index (χ1n) is 8.54. The molecule has 3 rings (SSSR count). The second kappa shape index (κ2) is 8.44. The molecule has 140 valence electrons. The van der Waals surface area contributed by atoms with E-state index in [1.807, 2.05) is 25.1 Å². The van der Waals surface area contributed by atoms with Gasteiger partial charge in [-0.15, -0.1) is 0 Å². The zero-order valence-corrected chi connectivity index (χ0v) is 15.2. The molecular weight excluding hydrogens is 349 g/mol. The molecule has 27 heavy (non-hydrogen) atoms. The summed E-state index contributed by atoms with van der Waals surface area (Å²) in [7, 11) is 1.73. The highest BCUT2D eigenvalue weighted by Gasteiger charge is 2.15. The molecule has 1 amide bonds. The minimum Gasteiger partial charge on any atom is -0.481 e. The Kier molecular flexibility index (Phi) is 5.80. The van der Waals surface area contributed by atoms with E-state index < -0.39 is 5.82 Å². The summed E-state index contributed by atoms with van der Waals surface area (Å²) in [6.45, 7) is 2.33. The van der Waals surface area contributed by atoms with Gasteiger partial charge < -0.3 is 14.2 Å². The number of amides is 1. The van der Waals surface area contributed by atoms with Crippen molar-refractivity contribution in [3.63, 3.8) is 0 Å². The number of aromatic nitrogens is 2. The van der Waals surface area contributed by atoms with Crippen molar-refractivity contribution in [2.45, 2.75) is 20.0 Å². The van der Waals surface area contributed by atoms with Gasteiger partial charge in [-0.25, -0.2) is 4.39 Å². The lowest BCUT2D eigenvalue weighted by Gasteiger charge is -2.17. The van der Waals surface area contributed by atoms with E-state index in [4.69, 9.17) is 9.26 Å². The average Bonchev–Trinajstić information content (AvgIpc) is 3.13. The number of carbonyl (C=O) groups excluding carboxylic acids is 1. The van der Waals surface area contributed by atoms with Gasteiger partial charge in [0.05, 0.1) is 0 Å². The van der Waals surface area contributed by atoms with Crippen LogP contribution in [0.4, 0.5) is 4.39 Å². The Morgan fingerprint density at radius 2 is 1.93 bits per heavy atom. The van der Waals surface area contributed by atoms with Crippen molar-refractivity contribution >= 4 is 5.91 Å². The van der Waals surface area contributed by atoms with E-state index in [1.165, 1.54) is 12.1 Å². The smallest absolute Gasteiger partial charge is 0.264 e. The van der Waals surface area contributed by atoms with E-state index in [0.29, 0.717) is 24.4 Å². The van der Waals surface area contributed by atoms with Gasteiger partial charge in [0.15, 0.2) is 24.0 Å². The lowest BCUT2D eigenvalue weighted by atomic mass is 10.1. The third-order valence-electron chi connectivity index (χ3n) is 4.09. The molecule has 7 heteroatoms. The van der Waals surface area contributed by atoms with E-state index >= 15 is 0 Å². The van der Waals surface area contributed by atoms with E-state index in [0.717, 1.165) is 5.56 Å². The molecule has 0 fully saturated rings. The standard InChI is InChI=1S/C20H20FN3O3/c1-14-7-3-4-8-15(14)20(25)24(2)12-11-18-22-19(27-23-18)13-26-17-10-6-5-9-16(17)21/h3-10H,11-13H2,1-2H3. The zero-order chi connectivity index (χ0) is 19.2. The number of ether oxygens (including phenoxy) is 1. The Morgan fingerprint density at radius 1 is 1.19 bits per heavy atom. The van der Waals surface area contributed by atoms with E-state index in [2.05, 4.69) is 10.1 Å². The van der Waals surface area contributed by atoms with Gasteiger partial charge in [0.2, 0.25) is 0 Å². The van der Waals surface area contributed by atoms with Crippen LogP contribution >= 0.6 is 0 Å². The number of carbonyl (C=O) groups is 1. The first-order chi connectivity index (χ1) is 13.0. The molecule has 0 saturated heterocycles. The van der Waals surface area contributed by atoms with Crippen LogP contribution in [0.1, 0.15) is 27.6 Å². The fraction of sp³-hybridized carbons (Fsp3) is 0.250.